The van der Waals surface area contributed by atoms with Gasteiger partial charge in [-0.15, -0.1) is 0 Å². The van der Waals surface area contributed by atoms with E-state index in [1.807, 2.05) is 0 Å². The highest BCUT2D eigenvalue weighted by Gasteiger charge is 2.45. The maximum Gasteiger partial charge on any atom is 0.225 e. The first kappa shape index (κ1) is 15.3. The molecule has 2 bridgehead atoms. The third kappa shape index (κ3) is 2.80. The van der Waals surface area contributed by atoms with Crippen LogP contribution in [0.15, 0.2) is 0 Å². The zero-order valence-electron chi connectivity index (χ0n) is 13.4. The van der Waals surface area contributed by atoms with E-state index in [0.717, 1.165) is 25.8 Å². The Balaban J connectivity index is 1.36. The van der Waals surface area contributed by atoms with Crippen molar-refractivity contribution in [3.63, 3.8) is 0 Å². The van der Waals surface area contributed by atoms with Gasteiger partial charge in [-0.1, -0.05) is 12.8 Å². The summed E-state index contributed by atoms with van der Waals surface area (Å²) in [6.07, 6.45) is 8.89. The number of thioether (sulfide) groups is 1. The van der Waals surface area contributed by atoms with Crippen LogP contribution in [0.2, 0.25) is 0 Å². The van der Waals surface area contributed by atoms with Gasteiger partial charge >= 0.3 is 0 Å². The van der Waals surface area contributed by atoms with Crippen LogP contribution in [0.3, 0.4) is 0 Å². The van der Waals surface area contributed by atoms with Gasteiger partial charge < -0.3 is 10.1 Å². The summed E-state index contributed by atoms with van der Waals surface area (Å²) in [5.74, 6) is 2.87. The molecule has 5 heteroatoms. The zero-order valence-corrected chi connectivity index (χ0v) is 14.2. The van der Waals surface area contributed by atoms with Crippen molar-refractivity contribution in [3.05, 3.63) is 0 Å². The fourth-order valence-electron chi connectivity index (χ4n) is 4.97. The second-order valence-corrected chi connectivity index (χ2v) is 8.69. The van der Waals surface area contributed by atoms with Gasteiger partial charge in [-0.2, -0.15) is 11.8 Å². The molecular formula is C17H28N2O2S. The van der Waals surface area contributed by atoms with Crippen LogP contribution < -0.4 is 5.32 Å². The van der Waals surface area contributed by atoms with Crippen molar-refractivity contribution < 1.29 is 9.53 Å². The summed E-state index contributed by atoms with van der Waals surface area (Å²) in [6.45, 7) is 3.24. The minimum absolute atomic E-state index is 0.120. The second-order valence-electron chi connectivity index (χ2n) is 7.46. The molecule has 3 saturated heterocycles. The van der Waals surface area contributed by atoms with Crippen molar-refractivity contribution in [2.75, 3.05) is 31.1 Å². The molecule has 124 valence electrons. The molecule has 0 aromatic carbocycles. The Morgan fingerprint density at radius 3 is 2.64 bits per heavy atom. The lowest BCUT2D eigenvalue weighted by atomic mass is 9.88. The molecule has 4 aliphatic rings. The zero-order chi connectivity index (χ0) is 15.0. The predicted molar refractivity (Wildman–Crippen MR) is 89.1 cm³/mol. The van der Waals surface area contributed by atoms with Crippen molar-refractivity contribution in [1.82, 2.24) is 10.2 Å². The highest BCUT2D eigenvalue weighted by Crippen LogP contribution is 2.39. The van der Waals surface area contributed by atoms with E-state index in [9.17, 15) is 4.79 Å². The first-order chi connectivity index (χ1) is 10.8. The van der Waals surface area contributed by atoms with Crippen molar-refractivity contribution in [2.45, 2.75) is 62.7 Å². The molecule has 0 spiro atoms. The smallest absolute Gasteiger partial charge is 0.225 e. The molecule has 1 amide bonds. The average molecular weight is 324 g/mol. The van der Waals surface area contributed by atoms with Gasteiger partial charge in [-0.25, -0.2) is 0 Å². The number of carbonyl (C=O) groups excluding carboxylic acids is 1. The maximum atomic E-state index is 12.6. The number of hydrogen-bond donors (Lipinski definition) is 1. The van der Waals surface area contributed by atoms with Crippen molar-refractivity contribution in [2.24, 2.45) is 5.92 Å². The van der Waals surface area contributed by atoms with Crippen molar-refractivity contribution >= 4 is 17.7 Å². The Labute approximate surface area is 137 Å². The van der Waals surface area contributed by atoms with E-state index < -0.39 is 0 Å². The first-order valence-corrected chi connectivity index (χ1v) is 10.2. The lowest BCUT2D eigenvalue weighted by Gasteiger charge is -2.43. The molecule has 4 fully saturated rings. The fourth-order valence-corrected chi connectivity index (χ4v) is 5.88. The molecule has 3 heterocycles. The minimum Gasteiger partial charge on any atom is -0.374 e. The van der Waals surface area contributed by atoms with Gasteiger partial charge in [0, 0.05) is 36.7 Å². The summed E-state index contributed by atoms with van der Waals surface area (Å²) in [5.41, 5.74) is 0.245. The number of nitrogens with zero attached hydrogens (tertiary/aromatic N) is 1. The van der Waals surface area contributed by atoms with Gasteiger partial charge in [0.1, 0.15) is 0 Å². The van der Waals surface area contributed by atoms with Gasteiger partial charge in [0.2, 0.25) is 5.91 Å². The third-order valence-corrected chi connectivity index (χ3v) is 7.19. The van der Waals surface area contributed by atoms with Crippen LogP contribution in [-0.2, 0) is 9.53 Å². The predicted octanol–water partition coefficient (Wildman–Crippen LogP) is 2.03. The normalized spacial score (nSPS) is 37.5. The number of fused-ring (bicyclic) bond motifs is 2. The molecule has 1 saturated carbocycles. The highest BCUT2D eigenvalue weighted by molar-refractivity contribution is 7.99. The number of hydrogen-bond acceptors (Lipinski definition) is 4. The van der Waals surface area contributed by atoms with Crippen LogP contribution in [0, 0.1) is 5.92 Å². The molecule has 1 N–H and O–H groups in total. The van der Waals surface area contributed by atoms with E-state index in [1.54, 1.807) is 0 Å². The topological polar surface area (TPSA) is 41.6 Å². The second kappa shape index (κ2) is 6.33. The van der Waals surface area contributed by atoms with Crippen LogP contribution >= 0.6 is 11.8 Å². The monoisotopic (exact) mass is 324 g/mol. The van der Waals surface area contributed by atoms with Crippen molar-refractivity contribution in [1.29, 1.82) is 0 Å². The largest absolute Gasteiger partial charge is 0.374 e. The number of nitrogens with one attached hydrogen (secondary N) is 1. The van der Waals surface area contributed by atoms with E-state index in [2.05, 4.69) is 22.0 Å². The summed E-state index contributed by atoms with van der Waals surface area (Å²) < 4.78 is 5.85. The summed E-state index contributed by atoms with van der Waals surface area (Å²) in [4.78, 5) is 15.3. The number of ether oxygens (including phenoxy) is 1. The SMILES string of the molecule is O=C(NCC1(N2CCSCC2)CCCC1)C1CC2CCC1O2. The highest BCUT2D eigenvalue weighted by atomic mass is 32.2. The van der Waals surface area contributed by atoms with Gasteiger partial charge in [-0.3, -0.25) is 9.69 Å². The molecule has 0 radical (unpaired) electrons. The lowest BCUT2D eigenvalue weighted by Crippen LogP contribution is -2.57. The van der Waals surface area contributed by atoms with E-state index in [4.69, 9.17) is 4.74 Å². The van der Waals surface area contributed by atoms with Crippen molar-refractivity contribution in [3.8, 4) is 0 Å². The molecule has 22 heavy (non-hydrogen) atoms. The standard InChI is InChI=1S/C17H28N2O2S/c20-16(14-11-13-3-4-15(14)21-13)18-12-17(5-1-2-6-17)19-7-9-22-10-8-19/h13-15H,1-12H2,(H,18,20). The van der Waals surface area contributed by atoms with Gasteiger partial charge in [-0.05, 0) is 32.1 Å². The Morgan fingerprint density at radius 1 is 1.23 bits per heavy atom. The average Bonchev–Trinajstić information content (AvgIpc) is 3.30. The van der Waals surface area contributed by atoms with Gasteiger partial charge in [0.15, 0.2) is 0 Å². The molecule has 3 unspecified atom stereocenters. The molecule has 0 aromatic rings. The van der Waals surface area contributed by atoms with Crippen LogP contribution in [0.25, 0.3) is 0 Å². The first-order valence-electron chi connectivity index (χ1n) is 9.03. The van der Waals surface area contributed by atoms with E-state index in [0.29, 0.717) is 6.10 Å². The Morgan fingerprint density at radius 2 is 2.00 bits per heavy atom. The van der Waals surface area contributed by atoms with Crippen LogP contribution in [-0.4, -0.2) is 59.7 Å². The molecular weight excluding hydrogens is 296 g/mol. The number of rotatable bonds is 4. The Hall–Kier alpha value is -0.260. The summed E-state index contributed by atoms with van der Waals surface area (Å²) in [7, 11) is 0. The van der Waals surface area contributed by atoms with Crippen LogP contribution in [0.5, 0.6) is 0 Å². The van der Waals surface area contributed by atoms with E-state index in [1.165, 1.54) is 50.3 Å². The minimum atomic E-state index is 0.120. The molecule has 3 atom stereocenters. The lowest BCUT2D eigenvalue weighted by molar-refractivity contribution is -0.127. The Kier molecular flexibility index (Phi) is 4.39. The molecule has 4 rings (SSSR count). The van der Waals surface area contributed by atoms with Crippen LogP contribution in [0.1, 0.15) is 44.9 Å². The summed E-state index contributed by atoms with van der Waals surface area (Å²) in [5, 5.41) is 3.32. The molecule has 4 nitrogen and oxygen atoms in total. The van der Waals surface area contributed by atoms with Gasteiger partial charge in [0.25, 0.3) is 0 Å². The van der Waals surface area contributed by atoms with E-state index in [-0.39, 0.29) is 23.5 Å². The van der Waals surface area contributed by atoms with Crippen LogP contribution in [0.4, 0.5) is 0 Å². The quantitative estimate of drug-likeness (QED) is 0.859. The Bertz CT molecular complexity index is 419. The van der Waals surface area contributed by atoms with Gasteiger partial charge in [0.05, 0.1) is 18.1 Å². The molecule has 0 aromatic heterocycles. The molecule has 3 aliphatic heterocycles. The maximum absolute atomic E-state index is 12.6. The molecule has 1 aliphatic carbocycles. The van der Waals surface area contributed by atoms with E-state index >= 15 is 0 Å². The number of carbonyl (C=O) groups is 1. The third-order valence-electron chi connectivity index (χ3n) is 6.25. The number of amides is 1. The summed E-state index contributed by atoms with van der Waals surface area (Å²) >= 11 is 2.06. The summed E-state index contributed by atoms with van der Waals surface area (Å²) in [6, 6.07) is 0. The fraction of sp³-hybridized carbons (Fsp3) is 0.941.